The van der Waals surface area contributed by atoms with Crippen molar-refractivity contribution in [2.24, 2.45) is 5.73 Å². The van der Waals surface area contributed by atoms with Gasteiger partial charge in [0.15, 0.2) is 0 Å². The number of ether oxygens (including phenoxy) is 1. The van der Waals surface area contributed by atoms with Gasteiger partial charge in [-0.1, -0.05) is 0 Å². The van der Waals surface area contributed by atoms with Gasteiger partial charge in [-0.2, -0.15) is 0 Å². The van der Waals surface area contributed by atoms with E-state index in [-0.39, 0.29) is 30.8 Å². The van der Waals surface area contributed by atoms with E-state index in [1.807, 2.05) is 18.2 Å². The number of hydrogen-bond acceptors (Lipinski definition) is 5. The maximum atomic E-state index is 11.8. The Bertz CT molecular complexity index is 543. The molecule has 0 aliphatic heterocycles. The molecule has 0 aliphatic rings. The highest BCUT2D eigenvalue weighted by molar-refractivity contribution is 7.16. The summed E-state index contributed by atoms with van der Waals surface area (Å²) >= 11 is 1.57. The number of nitrogens with zero attached hydrogens (tertiary/aromatic N) is 1. The van der Waals surface area contributed by atoms with Crippen molar-refractivity contribution in [1.82, 2.24) is 4.98 Å². The van der Waals surface area contributed by atoms with Crippen LogP contribution in [0.15, 0.2) is 23.7 Å². The first-order chi connectivity index (χ1) is 8.72. The van der Waals surface area contributed by atoms with Crippen LogP contribution in [0.4, 0.5) is 5.69 Å². The molecule has 0 saturated heterocycles. The molecule has 2 aromatic rings. The third-order valence-electron chi connectivity index (χ3n) is 2.62. The third kappa shape index (κ3) is 4.14. The van der Waals surface area contributed by atoms with Crippen LogP contribution in [0.3, 0.4) is 0 Å². The van der Waals surface area contributed by atoms with Gasteiger partial charge < -0.3 is 15.8 Å². The quantitative estimate of drug-likeness (QED) is 0.886. The van der Waals surface area contributed by atoms with E-state index in [4.69, 9.17) is 10.5 Å². The topological polar surface area (TPSA) is 77.2 Å². The van der Waals surface area contributed by atoms with Crippen LogP contribution in [0, 0.1) is 0 Å². The second-order valence-corrected chi connectivity index (χ2v) is 4.77. The summed E-state index contributed by atoms with van der Waals surface area (Å²) in [5, 5.41) is 2.81. The number of carbonyl (C=O) groups is 1. The van der Waals surface area contributed by atoms with Crippen LogP contribution in [0.5, 0.6) is 0 Å². The number of amides is 1. The van der Waals surface area contributed by atoms with Crippen LogP contribution < -0.4 is 11.1 Å². The Morgan fingerprint density at radius 2 is 2.37 bits per heavy atom. The molecule has 2 rings (SSSR count). The van der Waals surface area contributed by atoms with Crippen LogP contribution >= 0.6 is 23.7 Å². The van der Waals surface area contributed by atoms with Crippen molar-refractivity contribution in [1.29, 1.82) is 0 Å². The zero-order valence-corrected chi connectivity index (χ0v) is 12.1. The number of rotatable bonds is 5. The molecule has 1 heterocycles. The van der Waals surface area contributed by atoms with Crippen LogP contribution in [0.2, 0.25) is 0 Å². The summed E-state index contributed by atoms with van der Waals surface area (Å²) < 4.78 is 6.17. The van der Waals surface area contributed by atoms with Gasteiger partial charge in [-0.25, -0.2) is 4.98 Å². The summed E-state index contributed by atoms with van der Waals surface area (Å²) in [7, 11) is 1.55. The van der Waals surface area contributed by atoms with E-state index in [0.29, 0.717) is 6.54 Å². The minimum atomic E-state index is -0.243. The maximum Gasteiger partial charge on any atom is 0.227 e. The van der Waals surface area contributed by atoms with Gasteiger partial charge in [-0.05, 0) is 18.2 Å². The first-order valence-electron chi connectivity index (χ1n) is 5.59. The smallest absolute Gasteiger partial charge is 0.227 e. The van der Waals surface area contributed by atoms with Gasteiger partial charge in [-0.15, -0.1) is 23.7 Å². The highest BCUT2D eigenvalue weighted by atomic mass is 35.5. The summed E-state index contributed by atoms with van der Waals surface area (Å²) in [6.45, 7) is 0.328. The van der Waals surface area contributed by atoms with Gasteiger partial charge in [0.05, 0.1) is 28.3 Å². The first-order valence-corrected chi connectivity index (χ1v) is 6.47. The maximum absolute atomic E-state index is 11.8. The van der Waals surface area contributed by atoms with Crippen molar-refractivity contribution in [2.45, 2.75) is 12.5 Å². The van der Waals surface area contributed by atoms with E-state index >= 15 is 0 Å². The summed E-state index contributed by atoms with van der Waals surface area (Å²) in [5.41, 5.74) is 8.89. The molecule has 5 nitrogen and oxygen atoms in total. The third-order valence-corrected chi connectivity index (χ3v) is 3.43. The number of nitrogens with one attached hydrogen (secondary N) is 1. The Labute approximate surface area is 121 Å². The fourth-order valence-electron chi connectivity index (χ4n) is 1.62. The minimum Gasteiger partial charge on any atom is -0.380 e. The fourth-order valence-corrected chi connectivity index (χ4v) is 2.28. The number of thiazole rings is 1. The van der Waals surface area contributed by atoms with Crippen LogP contribution in [-0.4, -0.2) is 30.6 Å². The lowest BCUT2D eigenvalue weighted by Gasteiger charge is -2.12. The van der Waals surface area contributed by atoms with Crippen LogP contribution in [0.25, 0.3) is 10.2 Å². The summed E-state index contributed by atoms with van der Waals surface area (Å²) in [4.78, 5) is 16.0. The van der Waals surface area contributed by atoms with E-state index < -0.39 is 0 Å². The number of fused-ring (bicyclic) bond motifs is 1. The van der Waals surface area contributed by atoms with Gasteiger partial charge in [-0.3, -0.25) is 4.79 Å². The molecule has 0 aliphatic carbocycles. The lowest BCUT2D eigenvalue weighted by Crippen LogP contribution is -2.28. The average Bonchev–Trinajstić information content (AvgIpc) is 2.83. The van der Waals surface area contributed by atoms with Crippen molar-refractivity contribution >= 4 is 45.6 Å². The molecule has 1 aromatic heterocycles. The molecule has 7 heteroatoms. The van der Waals surface area contributed by atoms with Crippen molar-refractivity contribution < 1.29 is 9.53 Å². The summed E-state index contributed by atoms with van der Waals surface area (Å²) in [5.74, 6) is -0.109. The SMILES string of the molecule is COC(CN)CC(=O)Nc1ccc2scnc2c1.Cl. The Balaban J connectivity index is 0.00000180. The number of carbonyl (C=O) groups excluding carboxylic acids is 1. The molecule has 0 bridgehead atoms. The number of halogens is 1. The van der Waals surface area contributed by atoms with Crippen LogP contribution in [-0.2, 0) is 9.53 Å². The second kappa shape index (κ2) is 7.40. The Hall–Kier alpha value is -1.21. The molecule has 0 saturated carbocycles. The summed E-state index contributed by atoms with van der Waals surface area (Å²) in [6.07, 6.45) is 0.00950. The van der Waals surface area contributed by atoms with E-state index in [2.05, 4.69) is 10.3 Å². The number of hydrogen-bond donors (Lipinski definition) is 2. The lowest BCUT2D eigenvalue weighted by atomic mass is 10.2. The van der Waals surface area contributed by atoms with Crippen molar-refractivity contribution in [2.75, 3.05) is 19.0 Å². The molecular formula is C12H16ClN3O2S. The van der Waals surface area contributed by atoms with E-state index in [9.17, 15) is 4.79 Å². The highest BCUT2D eigenvalue weighted by Gasteiger charge is 2.11. The van der Waals surface area contributed by atoms with Crippen molar-refractivity contribution in [3.05, 3.63) is 23.7 Å². The van der Waals surface area contributed by atoms with Crippen molar-refractivity contribution in [3.8, 4) is 0 Å². The predicted octanol–water partition coefficient (Wildman–Crippen LogP) is 2.02. The molecule has 1 aromatic carbocycles. The molecule has 0 radical (unpaired) electrons. The standard InChI is InChI=1S/C12H15N3O2S.ClH/c1-17-9(6-13)5-12(16)15-8-2-3-11-10(4-8)14-7-18-11;/h2-4,7,9H,5-6,13H2,1H3,(H,15,16);1H. The number of anilines is 1. The number of benzene rings is 1. The Morgan fingerprint density at radius 3 is 3.05 bits per heavy atom. The highest BCUT2D eigenvalue weighted by Crippen LogP contribution is 2.21. The predicted molar refractivity (Wildman–Crippen MR) is 80.0 cm³/mol. The average molecular weight is 302 g/mol. The molecular weight excluding hydrogens is 286 g/mol. The minimum absolute atomic E-state index is 0. The van der Waals surface area contributed by atoms with E-state index in [0.717, 1.165) is 15.9 Å². The van der Waals surface area contributed by atoms with Gasteiger partial charge >= 0.3 is 0 Å². The zero-order valence-electron chi connectivity index (χ0n) is 10.5. The van der Waals surface area contributed by atoms with Gasteiger partial charge in [0.2, 0.25) is 5.91 Å². The van der Waals surface area contributed by atoms with Gasteiger partial charge in [0.1, 0.15) is 0 Å². The van der Waals surface area contributed by atoms with Crippen LogP contribution in [0.1, 0.15) is 6.42 Å². The second-order valence-electron chi connectivity index (χ2n) is 3.88. The normalized spacial score (nSPS) is 11.9. The Morgan fingerprint density at radius 1 is 1.58 bits per heavy atom. The molecule has 3 N–H and O–H groups in total. The zero-order chi connectivity index (χ0) is 13.0. The largest absolute Gasteiger partial charge is 0.380 e. The molecule has 19 heavy (non-hydrogen) atoms. The molecule has 0 fully saturated rings. The van der Waals surface area contributed by atoms with E-state index in [1.165, 1.54) is 0 Å². The Kier molecular flexibility index (Phi) is 6.17. The van der Waals surface area contributed by atoms with E-state index in [1.54, 1.807) is 24.0 Å². The van der Waals surface area contributed by atoms with Gasteiger partial charge in [0, 0.05) is 19.3 Å². The summed E-state index contributed by atoms with van der Waals surface area (Å²) in [6, 6.07) is 5.66. The fraction of sp³-hybridized carbons (Fsp3) is 0.333. The molecule has 104 valence electrons. The number of aromatic nitrogens is 1. The molecule has 0 spiro atoms. The first kappa shape index (κ1) is 15.8. The molecule has 1 amide bonds. The monoisotopic (exact) mass is 301 g/mol. The van der Waals surface area contributed by atoms with Crippen molar-refractivity contribution in [3.63, 3.8) is 0 Å². The number of nitrogens with two attached hydrogens (primary N) is 1. The molecule has 1 atom stereocenters. The number of methoxy groups -OCH3 is 1. The van der Waals surface area contributed by atoms with Gasteiger partial charge in [0.25, 0.3) is 0 Å². The lowest BCUT2D eigenvalue weighted by molar-refractivity contribution is -0.118. The molecule has 1 unspecified atom stereocenters.